The third kappa shape index (κ3) is 4.45. The second-order valence-corrected chi connectivity index (χ2v) is 4.23. The largest absolute Gasteiger partial charge is 0.165 e. The van der Waals surface area contributed by atoms with Gasteiger partial charge in [-0.2, -0.15) is 11.8 Å². The van der Waals surface area contributed by atoms with Crippen molar-refractivity contribution in [2.24, 2.45) is 5.92 Å². The van der Waals surface area contributed by atoms with Gasteiger partial charge in [0.15, 0.2) is 0 Å². The molecule has 0 aromatic heterocycles. The molecule has 0 aromatic rings. The summed E-state index contributed by atoms with van der Waals surface area (Å²) in [5.74, 6) is 1.92. The van der Waals surface area contributed by atoms with E-state index in [-0.39, 0.29) is 0 Å². The summed E-state index contributed by atoms with van der Waals surface area (Å²) in [6.45, 7) is 4.38. The fraction of sp³-hybridized carbons (Fsp3) is 1.00. The summed E-state index contributed by atoms with van der Waals surface area (Å²) in [4.78, 5) is 0. The van der Waals surface area contributed by atoms with Crippen molar-refractivity contribution in [3.05, 3.63) is 0 Å². The summed E-state index contributed by atoms with van der Waals surface area (Å²) in [5.41, 5.74) is 0. The monoisotopic (exact) mass is 180 g/mol. The molecule has 2 atom stereocenters. The number of halogens is 1. The van der Waals surface area contributed by atoms with Crippen LogP contribution in [0, 0.1) is 5.92 Å². The molecule has 62 valence electrons. The van der Waals surface area contributed by atoms with Crippen LogP contribution in [0.3, 0.4) is 0 Å². The topological polar surface area (TPSA) is 0 Å². The van der Waals surface area contributed by atoms with Crippen LogP contribution < -0.4 is 0 Å². The fourth-order valence-corrected chi connectivity index (χ4v) is 1.62. The van der Waals surface area contributed by atoms with E-state index in [9.17, 15) is 0 Å². The lowest BCUT2D eigenvalue weighted by atomic mass is 10.0. The molecule has 0 aliphatic rings. The van der Waals surface area contributed by atoms with Gasteiger partial charge in [0.25, 0.3) is 0 Å². The Kier molecular flexibility index (Phi) is 6.76. The lowest BCUT2D eigenvalue weighted by molar-refractivity contribution is 0.521. The van der Waals surface area contributed by atoms with E-state index in [1.54, 1.807) is 0 Å². The van der Waals surface area contributed by atoms with Crippen LogP contribution in [0.5, 0.6) is 0 Å². The van der Waals surface area contributed by atoms with Gasteiger partial charge in [-0.25, -0.2) is 0 Å². The number of thioether (sulfide) groups is 1. The molecular weight excluding hydrogens is 164 g/mol. The molecule has 0 spiro atoms. The number of hydrogen-bond donors (Lipinski definition) is 0. The highest BCUT2D eigenvalue weighted by Crippen LogP contribution is 2.18. The average molecular weight is 181 g/mol. The van der Waals surface area contributed by atoms with E-state index in [1.807, 2.05) is 11.8 Å². The highest BCUT2D eigenvalue weighted by Gasteiger charge is 2.10. The number of hydrogen-bond acceptors (Lipinski definition) is 1. The van der Waals surface area contributed by atoms with E-state index in [1.165, 1.54) is 12.2 Å². The SMILES string of the molecule is CCC(Cl)C(C)CCSC. The smallest absolute Gasteiger partial charge is 0.0359 e. The second-order valence-electron chi connectivity index (χ2n) is 2.68. The number of alkyl halides is 1. The molecule has 0 heterocycles. The predicted molar refractivity (Wildman–Crippen MR) is 52.1 cm³/mol. The van der Waals surface area contributed by atoms with Crippen molar-refractivity contribution >= 4 is 23.4 Å². The van der Waals surface area contributed by atoms with Gasteiger partial charge in [-0.3, -0.25) is 0 Å². The zero-order valence-corrected chi connectivity index (χ0v) is 8.63. The van der Waals surface area contributed by atoms with Crippen LogP contribution in [0.15, 0.2) is 0 Å². The van der Waals surface area contributed by atoms with Crippen molar-refractivity contribution in [2.45, 2.75) is 32.1 Å². The molecule has 0 rings (SSSR count). The van der Waals surface area contributed by atoms with E-state index >= 15 is 0 Å². The highest BCUT2D eigenvalue weighted by molar-refractivity contribution is 7.98. The first-order chi connectivity index (χ1) is 4.72. The normalized spacial score (nSPS) is 16.8. The molecule has 0 fully saturated rings. The van der Waals surface area contributed by atoms with Crippen LogP contribution in [0.4, 0.5) is 0 Å². The molecule has 10 heavy (non-hydrogen) atoms. The van der Waals surface area contributed by atoms with Gasteiger partial charge in [0.05, 0.1) is 0 Å². The molecule has 0 aromatic carbocycles. The molecular formula is C8H17ClS. The molecule has 0 saturated heterocycles. The Balaban J connectivity index is 3.31. The molecule has 0 aliphatic carbocycles. The third-order valence-electron chi connectivity index (χ3n) is 1.78. The van der Waals surface area contributed by atoms with Crippen molar-refractivity contribution in [3.8, 4) is 0 Å². The minimum Gasteiger partial charge on any atom is -0.165 e. The van der Waals surface area contributed by atoms with Crippen LogP contribution in [-0.4, -0.2) is 17.4 Å². The summed E-state index contributed by atoms with van der Waals surface area (Å²) in [6.07, 6.45) is 4.49. The third-order valence-corrected chi connectivity index (χ3v) is 3.17. The summed E-state index contributed by atoms with van der Waals surface area (Å²) >= 11 is 7.94. The molecule has 0 radical (unpaired) electrons. The molecule has 2 unspecified atom stereocenters. The van der Waals surface area contributed by atoms with Gasteiger partial charge in [0.2, 0.25) is 0 Å². The predicted octanol–water partition coefficient (Wildman–Crippen LogP) is 3.39. The molecule has 0 amide bonds. The maximum atomic E-state index is 6.04. The first kappa shape index (κ1) is 10.6. The van der Waals surface area contributed by atoms with Crippen LogP contribution in [-0.2, 0) is 0 Å². The Morgan fingerprint density at radius 1 is 1.50 bits per heavy atom. The average Bonchev–Trinajstić information content (AvgIpc) is 1.98. The van der Waals surface area contributed by atoms with Gasteiger partial charge in [-0.15, -0.1) is 11.6 Å². The standard InChI is InChI=1S/C8H17ClS/c1-4-8(9)7(2)5-6-10-3/h7-8H,4-6H2,1-3H3. The van der Waals surface area contributed by atoms with Gasteiger partial charge in [0, 0.05) is 5.38 Å². The van der Waals surface area contributed by atoms with Crippen LogP contribution in [0.25, 0.3) is 0 Å². The zero-order valence-electron chi connectivity index (χ0n) is 7.06. The van der Waals surface area contributed by atoms with E-state index < -0.39 is 0 Å². The van der Waals surface area contributed by atoms with Crippen molar-refractivity contribution in [3.63, 3.8) is 0 Å². The van der Waals surface area contributed by atoms with Crippen LogP contribution in [0.2, 0.25) is 0 Å². The Hall–Kier alpha value is 0.640. The molecule has 2 heteroatoms. The van der Waals surface area contributed by atoms with Crippen LogP contribution >= 0.6 is 23.4 Å². The Labute approximate surface area is 73.7 Å². The zero-order chi connectivity index (χ0) is 7.98. The summed E-state index contributed by atoms with van der Waals surface area (Å²) in [6, 6.07) is 0. The summed E-state index contributed by atoms with van der Waals surface area (Å²) in [5, 5.41) is 0.382. The Morgan fingerprint density at radius 3 is 2.50 bits per heavy atom. The molecule has 0 nitrogen and oxygen atoms in total. The van der Waals surface area contributed by atoms with E-state index in [0.717, 1.165) is 6.42 Å². The van der Waals surface area contributed by atoms with Crippen molar-refractivity contribution in [1.29, 1.82) is 0 Å². The van der Waals surface area contributed by atoms with Gasteiger partial charge in [0.1, 0.15) is 0 Å². The van der Waals surface area contributed by atoms with Gasteiger partial charge in [-0.05, 0) is 30.8 Å². The highest BCUT2D eigenvalue weighted by atomic mass is 35.5. The summed E-state index contributed by atoms with van der Waals surface area (Å²) in [7, 11) is 0. The maximum Gasteiger partial charge on any atom is 0.0359 e. The number of rotatable bonds is 5. The summed E-state index contributed by atoms with van der Waals surface area (Å²) < 4.78 is 0. The quantitative estimate of drug-likeness (QED) is 0.585. The maximum absolute atomic E-state index is 6.04. The van der Waals surface area contributed by atoms with Gasteiger partial charge in [-0.1, -0.05) is 13.8 Å². The van der Waals surface area contributed by atoms with Gasteiger partial charge >= 0.3 is 0 Å². The van der Waals surface area contributed by atoms with E-state index in [4.69, 9.17) is 11.6 Å². The lowest BCUT2D eigenvalue weighted by Crippen LogP contribution is -2.10. The van der Waals surface area contributed by atoms with E-state index in [2.05, 4.69) is 20.1 Å². The fourth-order valence-electron chi connectivity index (χ4n) is 0.887. The first-order valence-electron chi connectivity index (χ1n) is 3.85. The Morgan fingerprint density at radius 2 is 2.10 bits per heavy atom. The Bertz CT molecular complexity index is 75.7. The minimum absolute atomic E-state index is 0.382. The van der Waals surface area contributed by atoms with Gasteiger partial charge < -0.3 is 0 Å². The van der Waals surface area contributed by atoms with Crippen molar-refractivity contribution in [2.75, 3.05) is 12.0 Å². The minimum atomic E-state index is 0.382. The van der Waals surface area contributed by atoms with Crippen LogP contribution in [0.1, 0.15) is 26.7 Å². The lowest BCUT2D eigenvalue weighted by Gasteiger charge is -2.14. The molecule has 0 bridgehead atoms. The van der Waals surface area contributed by atoms with E-state index in [0.29, 0.717) is 11.3 Å². The molecule has 0 N–H and O–H groups in total. The first-order valence-corrected chi connectivity index (χ1v) is 5.68. The van der Waals surface area contributed by atoms with Crippen molar-refractivity contribution < 1.29 is 0 Å². The molecule has 0 aliphatic heterocycles. The van der Waals surface area contributed by atoms with Crippen molar-refractivity contribution in [1.82, 2.24) is 0 Å². The second kappa shape index (κ2) is 6.36. The molecule has 0 saturated carbocycles.